The van der Waals surface area contributed by atoms with Gasteiger partial charge >= 0.3 is 0 Å². The number of benzene rings is 1. The third kappa shape index (κ3) is 5.14. The van der Waals surface area contributed by atoms with Crippen molar-refractivity contribution in [1.29, 1.82) is 0 Å². The zero-order chi connectivity index (χ0) is 13.8. The van der Waals surface area contributed by atoms with Crippen molar-refractivity contribution in [3.8, 4) is 0 Å². The van der Waals surface area contributed by atoms with Crippen LogP contribution in [0.15, 0.2) is 30.3 Å². The van der Waals surface area contributed by atoms with E-state index in [0.717, 1.165) is 5.56 Å². The molecule has 0 radical (unpaired) electrons. The van der Waals surface area contributed by atoms with Gasteiger partial charge in [0, 0.05) is 5.54 Å². The van der Waals surface area contributed by atoms with Crippen molar-refractivity contribution in [2.24, 2.45) is 0 Å². The van der Waals surface area contributed by atoms with Crippen LogP contribution in [-0.2, 0) is 10.2 Å². The highest BCUT2D eigenvalue weighted by atomic mass is 32.2. The van der Waals surface area contributed by atoms with Gasteiger partial charge in [0.15, 0.2) is 0 Å². The Balaban J connectivity index is 2.82. The molecule has 0 aliphatic rings. The first kappa shape index (κ1) is 15.1. The summed E-state index contributed by atoms with van der Waals surface area (Å²) >= 11 is 0. The van der Waals surface area contributed by atoms with Crippen molar-refractivity contribution in [2.45, 2.75) is 32.4 Å². The normalized spacial score (nSPS) is 14.4. The monoisotopic (exact) mass is 272 g/mol. The summed E-state index contributed by atoms with van der Waals surface area (Å²) in [6.07, 6.45) is 0. The molecule has 0 saturated carbocycles. The average molecular weight is 272 g/mol. The number of aliphatic hydroxyl groups excluding tert-OH is 1. The molecule has 0 aliphatic heterocycles. The summed E-state index contributed by atoms with van der Waals surface area (Å²) in [5.74, 6) is 0. The number of aliphatic hydroxyl groups is 1. The third-order valence-electron chi connectivity index (χ3n) is 2.12. The van der Waals surface area contributed by atoms with Crippen LogP contribution < -0.4 is 9.44 Å². The lowest BCUT2D eigenvalue weighted by atomic mass is 10.1. The molecule has 18 heavy (non-hydrogen) atoms. The maximum absolute atomic E-state index is 11.9. The van der Waals surface area contributed by atoms with E-state index in [4.69, 9.17) is 0 Å². The molecule has 1 aromatic carbocycles. The molecule has 0 heterocycles. The second-order valence-corrected chi connectivity index (χ2v) is 6.57. The van der Waals surface area contributed by atoms with Gasteiger partial charge in [0.05, 0.1) is 12.6 Å². The summed E-state index contributed by atoms with van der Waals surface area (Å²) in [7, 11) is -3.66. The minimum Gasteiger partial charge on any atom is -0.394 e. The molecule has 1 aromatic rings. The summed E-state index contributed by atoms with van der Waals surface area (Å²) in [5.41, 5.74) is 0.155. The highest BCUT2D eigenvalue weighted by molar-refractivity contribution is 7.87. The summed E-state index contributed by atoms with van der Waals surface area (Å²) in [5, 5.41) is 9.29. The molecule has 5 nitrogen and oxygen atoms in total. The van der Waals surface area contributed by atoms with E-state index in [2.05, 4.69) is 9.44 Å². The molecule has 0 aromatic heterocycles. The van der Waals surface area contributed by atoms with Crippen LogP contribution in [0, 0.1) is 0 Å². The largest absolute Gasteiger partial charge is 0.394 e. The molecule has 0 spiro atoms. The Bertz CT molecular complexity index is 466. The number of rotatable bonds is 5. The first-order chi connectivity index (χ1) is 8.23. The Morgan fingerprint density at radius 2 is 1.78 bits per heavy atom. The van der Waals surface area contributed by atoms with Crippen molar-refractivity contribution in [2.75, 3.05) is 6.61 Å². The van der Waals surface area contributed by atoms with Crippen molar-refractivity contribution in [3.63, 3.8) is 0 Å². The first-order valence-electron chi connectivity index (χ1n) is 5.70. The van der Waals surface area contributed by atoms with Crippen molar-refractivity contribution in [3.05, 3.63) is 35.9 Å². The van der Waals surface area contributed by atoms with Gasteiger partial charge < -0.3 is 5.11 Å². The van der Waals surface area contributed by atoms with E-state index < -0.39 is 21.8 Å². The van der Waals surface area contributed by atoms with Crippen LogP contribution in [0.4, 0.5) is 0 Å². The van der Waals surface area contributed by atoms with Crippen LogP contribution in [0.2, 0.25) is 0 Å². The van der Waals surface area contributed by atoms with Gasteiger partial charge in [0.1, 0.15) is 0 Å². The highest BCUT2D eigenvalue weighted by Gasteiger charge is 2.23. The predicted molar refractivity (Wildman–Crippen MR) is 71.2 cm³/mol. The van der Waals surface area contributed by atoms with Crippen LogP contribution in [-0.4, -0.2) is 25.7 Å². The molecular weight excluding hydrogens is 252 g/mol. The molecule has 0 amide bonds. The summed E-state index contributed by atoms with van der Waals surface area (Å²) < 4.78 is 28.6. The predicted octanol–water partition coefficient (Wildman–Crippen LogP) is 0.942. The molecule has 0 unspecified atom stereocenters. The number of nitrogens with one attached hydrogen (secondary N) is 2. The van der Waals surface area contributed by atoms with Crippen LogP contribution >= 0.6 is 0 Å². The van der Waals surface area contributed by atoms with Gasteiger partial charge in [-0.1, -0.05) is 30.3 Å². The SMILES string of the molecule is CC(C)(C)NS(=O)(=O)N[C@@H](CO)c1ccccc1. The summed E-state index contributed by atoms with van der Waals surface area (Å²) in [4.78, 5) is 0. The quantitative estimate of drug-likeness (QED) is 0.746. The molecule has 102 valence electrons. The van der Waals surface area contributed by atoms with Gasteiger partial charge in [-0.3, -0.25) is 0 Å². The molecule has 0 saturated heterocycles. The molecular formula is C12H20N2O3S. The van der Waals surface area contributed by atoms with E-state index in [1.54, 1.807) is 45.0 Å². The zero-order valence-corrected chi connectivity index (χ0v) is 11.7. The summed E-state index contributed by atoms with van der Waals surface area (Å²) in [6, 6.07) is 8.30. The van der Waals surface area contributed by atoms with Crippen molar-refractivity contribution >= 4 is 10.2 Å². The van der Waals surface area contributed by atoms with E-state index in [9.17, 15) is 13.5 Å². The van der Waals surface area contributed by atoms with Crippen LogP contribution in [0.1, 0.15) is 32.4 Å². The molecule has 1 rings (SSSR count). The fraction of sp³-hybridized carbons (Fsp3) is 0.500. The Labute approximate surface area is 108 Å². The van der Waals surface area contributed by atoms with Crippen LogP contribution in [0.3, 0.4) is 0 Å². The van der Waals surface area contributed by atoms with Gasteiger partial charge in [-0.05, 0) is 26.3 Å². The van der Waals surface area contributed by atoms with Gasteiger partial charge in [0.2, 0.25) is 0 Å². The number of hydrogen-bond acceptors (Lipinski definition) is 3. The first-order valence-corrected chi connectivity index (χ1v) is 7.19. The lowest BCUT2D eigenvalue weighted by molar-refractivity contribution is 0.258. The molecule has 0 fully saturated rings. The maximum Gasteiger partial charge on any atom is 0.278 e. The van der Waals surface area contributed by atoms with Crippen molar-refractivity contribution < 1.29 is 13.5 Å². The number of hydrogen-bond donors (Lipinski definition) is 3. The Kier molecular flexibility index (Phi) is 4.86. The Morgan fingerprint density at radius 3 is 2.22 bits per heavy atom. The third-order valence-corrected chi connectivity index (χ3v) is 3.60. The summed E-state index contributed by atoms with van der Waals surface area (Å²) in [6.45, 7) is 4.96. The standard InChI is InChI=1S/C12H20N2O3S/c1-12(2,3)14-18(16,17)13-11(9-15)10-7-5-4-6-8-10/h4-8,11,13-15H,9H2,1-3H3/t11-/m0/s1. The Hall–Kier alpha value is -0.950. The van der Waals surface area contributed by atoms with E-state index >= 15 is 0 Å². The molecule has 3 N–H and O–H groups in total. The van der Waals surface area contributed by atoms with Gasteiger partial charge in [-0.2, -0.15) is 17.9 Å². The minimum atomic E-state index is -3.66. The molecule has 6 heteroatoms. The van der Waals surface area contributed by atoms with Gasteiger partial charge in [-0.15, -0.1) is 0 Å². The van der Waals surface area contributed by atoms with E-state index in [1.807, 2.05) is 6.07 Å². The van der Waals surface area contributed by atoms with Gasteiger partial charge in [0.25, 0.3) is 10.2 Å². The van der Waals surface area contributed by atoms with E-state index in [1.165, 1.54) is 0 Å². The minimum absolute atomic E-state index is 0.297. The fourth-order valence-corrected chi connectivity index (χ4v) is 2.97. The zero-order valence-electron chi connectivity index (χ0n) is 10.8. The molecule has 1 atom stereocenters. The molecule has 0 bridgehead atoms. The van der Waals surface area contributed by atoms with Gasteiger partial charge in [-0.25, -0.2) is 0 Å². The lowest BCUT2D eigenvalue weighted by Gasteiger charge is -2.23. The second kappa shape index (κ2) is 5.79. The Morgan fingerprint density at radius 1 is 1.22 bits per heavy atom. The highest BCUT2D eigenvalue weighted by Crippen LogP contribution is 2.13. The smallest absolute Gasteiger partial charge is 0.278 e. The van der Waals surface area contributed by atoms with Crippen LogP contribution in [0.25, 0.3) is 0 Å². The lowest BCUT2D eigenvalue weighted by Crippen LogP contribution is -2.48. The topological polar surface area (TPSA) is 78.4 Å². The second-order valence-electron chi connectivity index (χ2n) is 5.12. The van der Waals surface area contributed by atoms with Crippen molar-refractivity contribution in [1.82, 2.24) is 9.44 Å². The fourth-order valence-electron chi connectivity index (χ4n) is 1.52. The maximum atomic E-state index is 11.9. The van der Waals surface area contributed by atoms with Crippen LogP contribution in [0.5, 0.6) is 0 Å². The average Bonchev–Trinajstić information content (AvgIpc) is 2.24. The van der Waals surface area contributed by atoms with E-state index in [-0.39, 0.29) is 6.61 Å². The molecule has 0 aliphatic carbocycles. The van der Waals surface area contributed by atoms with E-state index in [0.29, 0.717) is 0 Å².